The first-order chi connectivity index (χ1) is 12.8. The van der Waals surface area contributed by atoms with Gasteiger partial charge < -0.3 is 16.0 Å². The third-order valence-corrected chi connectivity index (χ3v) is 6.24. The fourth-order valence-electron chi connectivity index (χ4n) is 2.38. The number of nitrogens with two attached hydrogens (primary N) is 1. The lowest BCUT2D eigenvalue weighted by Gasteiger charge is -2.15. The van der Waals surface area contributed by atoms with Crippen molar-refractivity contribution in [1.82, 2.24) is 9.88 Å². The average Bonchev–Trinajstić information content (AvgIpc) is 3.09. The number of nitrogens with one attached hydrogen (secondary N) is 2. The molecule has 7 nitrogen and oxygen atoms in total. The summed E-state index contributed by atoms with van der Waals surface area (Å²) in [6.45, 7) is 2.98. The number of aromatic nitrogens is 1. The molecule has 0 aliphatic heterocycles. The zero-order valence-corrected chi connectivity index (χ0v) is 17.3. The molecule has 0 bridgehead atoms. The number of thiazole rings is 1. The molecule has 150 valence electrons. The van der Waals surface area contributed by atoms with Crippen LogP contribution in [0, 0.1) is 5.82 Å². The number of sulfonamides is 1. The van der Waals surface area contributed by atoms with Crippen molar-refractivity contribution in [2.45, 2.75) is 17.7 Å². The van der Waals surface area contributed by atoms with Crippen LogP contribution in [0.1, 0.15) is 12.8 Å². The van der Waals surface area contributed by atoms with Crippen molar-refractivity contribution in [2.75, 3.05) is 43.3 Å². The molecule has 0 saturated heterocycles. The van der Waals surface area contributed by atoms with Crippen molar-refractivity contribution in [3.05, 3.63) is 34.5 Å². The molecule has 0 aliphatic rings. The van der Waals surface area contributed by atoms with Gasteiger partial charge in [-0.15, -0.1) is 11.3 Å². The smallest absolute Gasteiger partial charge is 0.266 e. The Labute approximate surface area is 167 Å². The summed E-state index contributed by atoms with van der Waals surface area (Å²) in [7, 11) is -2.10. The number of anilines is 2. The van der Waals surface area contributed by atoms with Gasteiger partial charge in [0.2, 0.25) is 0 Å². The Morgan fingerprint density at radius 3 is 2.78 bits per heavy atom. The van der Waals surface area contributed by atoms with Crippen molar-refractivity contribution in [3.8, 4) is 0 Å². The van der Waals surface area contributed by atoms with Gasteiger partial charge in [0.05, 0.1) is 10.7 Å². The van der Waals surface area contributed by atoms with E-state index in [-0.39, 0.29) is 10.2 Å². The summed E-state index contributed by atoms with van der Waals surface area (Å²) in [4.78, 5) is 5.45. The van der Waals surface area contributed by atoms with Crippen LogP contribution in [0.4, 0.5) is 15.2 Å². The molecule has 1 heterocycles. The van der Waals surface area contributed by atoms with Crippen LogP contribution in [0.15, 0.2) is 28.6 Å². The highest BCUT2D eigenvalue weighted by atomic mass is 35.5. The van der Waals surface area contributed by atoms with Gasteiger partial charge in [-0.3, -0.25) is 4.72 Å². The van der Waals surface area contributed by atoms with Crippen LogP contribution in [0.3, 0.4) is 0 Å². The van der Waals surface area contributed by atoms with Crippen LogP contribution >= 0.6 is 22.9 Å². The normalized spacial score (nSPS) is 11.7. The maximum atomic E-state index is 14.4. The minimum Gasteiger partial charge on any atom is -0.384 e. The molecule has 2 rings (SSSR count). The Morgan fingerprint density at radius 1 is 1.33 bits per heavy atom. The van der Waals surface area contributed by atoms with Gasteiger partial charge in [-0.1, -0.05) is 11.6 Å². The van der Waals surface area contributed by atoms with E-state index in [0.29, 0.717) is 18.8 Å². The number of unbranched alkanes of at least 4 members (excludes halogenated alkanes) is 1. The standard InChI is InChI=1S/C16H23ClFN5O2S2/c1-23(8-4-19)7-3-2-5-20-14-11-13(18)15(10-12(14)17)27(24,25)22-16-21-6-9-26-16/h6,9-11,20H,2-5,7-8,19H2,1H3,(H,21,22). The molecule has 0 aliphatic carbocycles. The summed E-state index contributed by atoms with van der Waals surface area (Å²) in [5.74, 6) is -0.881. The van der Waals surface area contributed by atoms with Crippen molar-refractivity contribution in [3.63, 3.8) is 0 Å². The quantitative estimate of drug-likeness (QED) is 0.469. The molecular weight excluding hydrogens is 413 g/mol. The number of nitrogens with zero attached hydrogens (tertiary/aromatic N) is 2. The van der Waals surface area contributed by atoms with Gasteiger partial charge in [0, 0.05) is 31.2 Å². The molecule has 11 heteroatoms. The molecule has 2 aromatic rings. The molecule has 1 aromatic carbocycles. The van der Waals surface area contributed by atoms with Gasteiger partial charge in [-0.05, 0) is 38.6 Å². The SMILES string of the molecule is CN(CCN)CCCCNc1cc(F)c(S(=O)(=O)Nc2nccs2)cc1Cl. The van der Waals surface area contributed by atoms with Crippen LogP contribution in [-0.2, 0) is 10.0 Å². The second-order valence-corrected chi connectivity index (χ2v) is 8.88. The van der Waals surface area contributed by atoms with Gasteiger partial charge >= 0.3 is 0 Å². The molecule has 27 heavy (non-hydrogen) atoms. The van der Waals surface area contributed by atoms with Crippen LogP contribution in [-0.4, -0.2) is 51.5 Å². The van der Waals surface area contributed by atoms with Crippen molar-refractivity contribution < 1.29 is 12.8 Å². The zero-order valence-electron chi connectivity index (χ0n) is 14.9. The molecule has 0 atom stereocenters. The molecule has 1 aromatic heterocycles. The van der Waals surface area contributed by atoms with Gasteiger partial charge in [0.25, 0.3) is 10.0 Å². The summed E-state index contributed by atoms with van der Waals surface area (Å²) >= 11 is 7.24. The highest BCUT2D eigenvalue weighted by molar-refractivity contribution is 7.93. The summed E-state index contributed by atoms with van der Waals surface area (Å²) in [5, 5.41) is 4.95. The Balaban J connectivity index is 1.96. The van der Waals surface area contributed by atoms with Crippen LogP contribution in [0.2, 0.25) is 5.02 Å². The lowest BCUT2D eigenvalue weighted by Crippen LogP contribution is -2.26. The lowest BCUT2D eigenvalue weighted by atomic mass is 10.2. The van der Waals surface area contributed by atoms with E-state index in [9.17, 15) is 12.8 Å². The Kier molecular flexibility index (Phi) is 8.24. The van der Waals surface area contributed by atoms with Crippen molar-refractivity contribution in [2.24, 2.45) is 5.73 Å². The van der Waals surface area contributed by atoms with E-state index >= 15 is 0 Å². The molecule has 0 saturated carbocycles. The van der Waals surface area contributed by atoms with E-state index in [0.717, 1.165) is 49.4 Å². The molecule has 0 unspecified atom stereocenters. The van der Waals surface area contributed by atoms with E-state index in [4.69, 9.17) is 17.3 Å². The highest BCUT2D eigenvalue weighted by Gasteiger charge is 2.22. The zero-order chi connectivity index (χ0) is 19.9. The third kappa shape index (κ3) is 6.58. The summed E-state index contributed by atoms with van der Waals surface area (Å²) in [6.07, 6.45) is 3.26. The first kappa shape index (κ1) is 21.8. The molecule has 0 fully saturated rings. The first-order valence-electron chi connectivity index (χ1n) is 8.37. The van der Waals surface area contributed by atoms with E-state index in [1.165, 1.54) is 6.20 Å². The Morgan fingerprint density at radius 2 is 2.11 bits per heavy atom. The second kappa shape index (κ2) is 10.2. The van der Waals surface area contributed by atoms with E-state index in [1.54, 1.807) is 5.38 Å². The predicted molar refractivity (Wildman–Crippen MR) is 109 cm³/mol. The minimum atomic E-state index is -4.10. The number of rotatable bonds is 11. The van der Waals surface area contributed by atoms with E-state index < -0.39 is 20.7 Å². The highest BCUT2D eigenvalue weighted by Crippen LogP contribution is 2.29. The fraction of sp³-hybridized carbons (Fsp3) is 0.438. The monoisotopic (exact) mass is 435 g/mol. The van der Waals surface area contributed by atoms with E-state index in [2.05, 4.69) is 19.9 Å². The average molecular weight is 436 g/mol. The Bertz CT molecular complexity index is 834. The molecular formula is C16H23ClFN5O2S2. The number of hydrogen-bond donors (Lipinski definition) is 3. The van der Waals surface area contributed by atoms with Crippen molar-refractivity contribution in [1.29, 1.82) is 0 Å². The van der Waals surface area contributed by atoms with Crippen molar-refractivity contribution >= 4 is 43.8 Å². The molecule has 4 N–H and O–H groups in total. The lowest BCUT2D eigenvalue weighted by molar-refractivity contribution is 0.336. The Hall–Kier alpha value is -1.46. The topological polar surface area (TPSA) is 100 Å². The molecule has 0 radical (unpaired) electrons. The maximum absolute atomic E-state index is 14.4. The molecule has 0 amide bonds. The van der Waals surface area contributed by atoms with Crippen LogP contribution in [0.5, 0.6) is 0 Å². The fourth-order valence-corrected chi connectivity index (χ4v) is 4.55. The van der Waals surface area contributed by atoms with E-state index in [1.807, 2.05) is 7.05 Å². The van der Waals surface area contributed by atoms with Crippen LogP contribution < -0.4 is 15.8 Å². The summed E-state index contributed by atoms with van der Waals surface area (Å²) < 4.78 is 41.2. The maximum Gasteiger partial charge on any atom is 0.266 e. The number of benzene rings is 1. The summed E-state index contributed by atoms with van der Waals surface area (Å²) in [5.41, 5.74) is 5.85. The number of likely N-dealkylation sites (N-methyl/N-ethyl adjacent to an activating group) is 1. The number of hydrogen-bond acceptors (Lipinski definition) is 7. The van der Waals surface area contributed by atoms with Crippen LogP contribution in [0.25, 0.3) is 0 Å². The first-order valence-corrected chi connectivity index (χ1v) is 11.1. The minimum absolute atomic E-state index is 0.135. The molecule has 0 spiro atoms. The summed E-state index contributed by atoms with van der Waals surface area (Å²) in [6, 6.07) is 2.20. The van der Waals surface area contributed by atoms with Gasteiger partial charge in [-0.2, -0.15) is 0 Å². The van der Waals surface area contributed by atoms with Gasteiger partial charge in [0.15, 0.2) is 5.13 Å². The van der Waals surface area contributed by atoms with Gasteiger partial charge in [0.1, 0.15) is 10.7 Å². The number of halogens is 2. The largest absolute Gasteiger partial charge is 0.384 e. The second-order valence-electron chi connectivity index (χ2n) is 5.93. The van der Waals surface area contributed by atoms with Gasteiger partial charge in [-0.25, -0.2) is 17.8 Å². The third-order valence-electron chi connectivity index (χ3n) is 3.76. The predicted octanol–water partition coefficient (Wildman–Crippen LogP) is 2.82.